The summed E-state index contributed by atoms with van der Waals surface area (Å²) in [7, 11) is 0. The topological polar surface area (TPSA) is 105 Å². The number of rotatable bonds is 4. The molecule has 0 aromatic heterocycles. The average Bonchev–Trinajstić information content (AvgIpc) is 3.31. The number of benzene rings is 5. The number of nitrogens with two attached hydrogens (primary N) is 1. The first-order chi connectivity index (χ1) is 21.0. The average molecular weight is 563 g/mol. The van der Waals surface area contributed by atoms with E-state index in [-0.39, 0.29) is 17.7 Å². The highest BCUT2D eigenvalue weighted by molar-refractivity contribution is 6.27. The second-order valence-corrected chi connectivity index (χ2v) is 11.3. The molecule has 2 bridgehead atoms. The van der Waals surface area contributed by atoms with Crippen LogP contribution in [-0.2, 0) is 15.0 Å². The molecule has 4 aliphatic rings. The lowest BCUT2D eigenvalue weighted by molar-refractivity contribution is -0.122. The van der Waals surface area contributed by atoms with Crippen LogP contribution in [-0.4, -0.2) is 23.9 Å². The minimum atomic E-state index is -1.09. The third-order valence-electron chi connectivity index (χ3n) is 9.33. The number of carbonyl (C=O) groups excluding carboxylic acids is 3. The summed E-state index contributed by atoms with van der Waals surface area (Å²) in [6, 6.07) is 36.1. The summed E-state index contributed by atoms with van der Waals surface area (Å²) < 4.78 is 0. The number of nitrogens with zero attached hydrogens (tertiary/aromatic N) is 2. The first-order valence-electron chi connectivity index (χ1n) is 14.3. The summed E-state index contributed by atoms with van der Waals surface area (Å²) in [5.41, 5.74) is 12.6. The Kier molecular flexibility index (Phi) is 5.40. The third kappa shape index (κ3) is 3.36. The van der Waals surface area contributed by atoms with E-state index in [1.807, 2.05) is 91.0 Å². The fourth-order valence-electron chi connectivity index (χ4n) is 7.65. The van der Waals surface area contributed by atoms with Gasteiger partial charge in [0.05, 0.1) is 28.5 Å². The summed E-state index contributed by atoms with van der Waals surface area (Å²) in [6.07, 6.45) is 1.66. The SMILES string of the molecule is Nc1ccccc1C(=O)N/N=C\C12c3ccccc3C(c3ccccc31)[C@H]1C(=O)N(c3cccc4ccccc34)C(=O)[C@@H]12. The number of carbonyl (C=O) groups is 3. The van der Waals surface area contributed by atoms with E-state index < -0.39 is 23.2 Å². The lowest BCUT2D eigenvalue weighted by Gasteiger charge is -2.52. The minimum absolute atomic E-state index is 0.223. The van der Waals surface area contributed by atoms with Gasteiger partial charge in [0.1, 0.15) is 0 Å². The Morgan fingerprint density at radius 1 is 0.767 bits per heavy atom. The summed E-state index contributed by atoms with van der Waals surface area (Å²) >= 11 is 0. The number of hydrogen-bond acceptors (Lipinski definition) is 5. The van der Waals surface area contributed by atoms with E-state index in [1.54, 1.807) is 30.5 Å². The summed E-state index contributed by atoms with van der Waals surface area (Å²) in [4.78, 5) is 43.7. The molecule has 3 N–H and O–H groups in total. The molecule has 1 aliphatic heterocycles. The number of nitrogen functional groups attached to an aromatic ring is 1. The first-order valence-corrected chi connectivity index (χ1v) is 14.3. The molecular weight excluding hydrogens is 536 g/mol. The summed E-state index contributed by atoms with van der Waals surface area (Å²) in [5, 5.41) is 6.27. The molecule has 7 heteroatoms. The van der Waals surface area contributed by atoms with Crippen LogP contribution in [0, 0.1) is 11.8 Å². The fraction of sp³-hybridized carbons (Fsp3) is 0.111. The van der Waals surface area contributed by atoms with Crippen molar-refractivity contribution in [2.45, 2.75) is 11.3 Å². The van der Waals surface area contributed by atoms with Gasteiger partial charge in [0, 0.05) is 23.2 Å². The molecule has 0 saturated carbocycles. The number of imide groups is 1. The number of hydrazone groups is 1. The second-order valence-electron chi connectivity index (χ2n) is 11.3. The first kappa shape index (κ1) is 25.2. The van der Waals surface area contributed by atoms with Gasteiger partial charge in [-0.2, -0.15) is 5.10 Å². The molecule has 0 unspecified atom stereocenters. The van der Waals surface area contributed by atoms with Crippen LogP contribution >= 0.6 is 0 Å². The maximum absolute atomic E-state index is 14.7. The van der Waals surface area contributed by atoms with Crippen molar-refractivity contribution < 1.29 is 14.4 Å². The van der Waals surface area contributed by atoms with Gasteiger partial charge in [-0.3, -0.25) is 14.4 Å². The van der Waals surface area contributed by atoms with Crippen molar-refractivity contribution in [3.8, 4) is 0 Å². The van der Waals surface area contributed by atoms with Crippen molar-refractivity contribution in [1.29, 1.82) is 0 Å². The van der Waals surface area contributed by atoms with Crippen LogP contribution < -0.4 is 16.1 Å². The van der Waals surface area contributed by atoms with Gasteiger partial charge < -0.3 is 5.73 Å². The zero-order valence-electron chi connectivity index (χ0n) is 23.0. The van der Waals surface area contributed by atoms with E-state index in [1.165, 1.54) is 4.90 Å². The number of fused-ring (bicyclic) bond motifs is 1. The van der Waals surface area contributed by atoms with Crippen molar-refractivity contribution >= 4 is 46.1 Å². The molecular formula is C36H26N4O3. The van der Waals surface area contributed by atoms with E-state index in [0.29, 0.717) is 16.9 Å². The van der Waals surface area contributed by atoms with Crippen LogP contribution in [0.1, 0.15) is 38.5 Å². The summed E-state index contributed by atoms with van der Waals surface area (Å²) in [5.74, 6) is -2.63. The van der Waals surface area contributed by atoms with Crippen LogP contribution in [0.3, 0.4) is 0 Å². The Balaban J connectivity index is 1.32. The highest BCUT2D eigenvalue weighted by atomic mass is 16.2. The van der Waals surface area contributed by atoms with Crippen LogP contribution in [0.5, 0.6) is 0 Å². The molecule has 1 fully saturated rings. The molecule has 208 valence electrons. The maximum Gasteiger partial charge on any atom is 0.273 e. The van der Waals surface area contributed by atoms with Crippen molar-refractivity contribution in [3.05, 3.63) is 143 Å². The van der Waals surface area contributed by atoms with E-state index in [2.05, 4.69) is 10.5 Å². The number of hydrogen-bond donors (Lipinski definition) is 2. The Labute approximate surface area is 247 Å². The summed E-state index contributed by atoms with van der Waals surface area (Å²) in [6.45, 7) is 0. The number of anilines is 2. The van der Waals surface area contributed by atoms with Gasteiger partial charge in [-0.05, 0) is 45.8 Å². The molecule has 3 amide bonds. The second kappa shape index (κ2) is 9.22. The van der Waals surface area contributed by atoms with Gasteiger partial charge in [-0.25, -0.2) is 10.3 Å². The minimum Gasteiger partial charge on any atom is -0.398 e. The molecule has 7 nitrogen and oxygen atoms in total. The van der Waals surface area contributed by atoms with Crippen molar-refractivity contribution in [3.63, 3.8) is 0 Å². The molecule has 5 aromatic carbocycles. The predicted octanol–water partition coefficient (Wildman–Crippen LogP) is 5.39. The van der Waals surface area contributed by atoms with E-state index >= 15 is 0 Å². The smallest absolute Gasteiger partial charge is 0.273 e. The zero-order chi connectivity index (χ0) is 29.3. The molecule has 0 radical (unpaired) electrons. The fourth-order valence-corrected chi connectivity index (χ4v) is 7.65. The van der Waals surface area contributed by atoms with Gasteiger partial charge in [-0.15, -0.1) is 0 Å². The normalized spacial score (nSPS) is 23.3. The van der Waals surface area contributed by atoms with Gasteiger partial charge >= 0.3 is 0 Å². The monoisotopic (exact) mass is 562 g/mol. The predicted molar refractivity (Wildman–Crippen MR) is 166 cm³/mol. The Morgan fingerprint density at radius 2 is 1.40 bits per heavy atom. The van der Waals surface area contributed by atoms with Gasteiger partial charge in [0.15, 0.2) is 0 Å². The molecule has 5 aromatic rings. The highest BCUT2D eigenvalue weighted by Gasteiger charge is 2.68. The molecule has 1 saturated heterocycles. The quantitative estimate of drug-likeness (QED) is 0.133. The van der Waals surface area contributed by atoms with E-state index in [4.69, 9.17) is 5.73 Å². The zero-order valence-corrected chi connectivity index (χ0v) is 23.0. The molecule has 43 heavy (non-hydrogen) atoms. The Bertz CT molecular complexity index is 1980. The number of nitrogens with one attached hydrogen (secondary N) is 1. The van der Waals surface area contributed by atoms with Crippen molar-refractivity contribution in [2.75, 3.05) is 10.6 Å². The van der Waals surface area contributed by atoms with E-state index in [0.717, 1.165) is 33.0 Å². The van der Waals surface area contributed by atoms with Crippen LogP contribution in [0.2, 0.25) is 0 Å². The number of para-hydroxylation sites is 1. The molecule has 2 atom stereocenters. The molecule has 0 spiro atoms. The molecule has 1 heterocycles. The van der Waals surface area contributed by atoms with Gasteiger partial charge in [0.25, 0.3) is 5.91 Å². The maximum atomic E-state index is 14.7. The van der Waals surface area contributed by atoms with Crippen LogP contribution in [0.4, 0.5) is 11.4 Å². The highest BCUT2D eigenvalue weighted by Crippen LogP contribution is 2.63. The van der Waals surface area contributed by atoms with Crippen molar-refractivity contribution in [1.82, 2.24) is 5.43 Å². The standard InChI is InChI=1S/C36H26N4O3/c37-28-18-8-5-15-25(28)33(41)39-38-20-36-26-16-6-3-13-23(26)30(24-14-4-7-17-27(24)36)31-32(36)35(43)40(34(31)42)29-19-9-11-21-10-1-2-12-22(21)29/h1-20,30-32H,37H2,(H,39,41)/b38-20-/t30?,31-,32-,36?/m1/s1. The molecule has 3 aliphatic carbocycles. The van der Waals surface area contributed by atoms with Crippen LogP contribution in [0.15, 0.2) is 120 Å². The molecule has 9 rings (SSSR count). The van der Waals surface area contributed by atoms with E-state index in [9.17, 15) is 14.4 Å². The van der Waals surface area contributed by atoms with Gasteiger partial charge in [-0.1, -0.05) is 97.1 Å². The lowest BCUT2D eigenvalue weighted by atomic mass is 9.47. The van der Waals surface area contributed by atoms with Crippen LogP contribution in [0.25, 0.3) is 10.8 Å². The Hall–Kier alpha value is -5.56. The number of amides is 3. The third-order valence-corrected chi connectivity index (χ3v) is 9.33. The largest absolute Gasteiger partial charge is 0.398 e. The van der Waals surface area contributed by atoms with Gasteiger partial charge in [0.2, 0.25) is 11.8 Å². The Morgan fingerprint density at radius 3 is 2.14 bits per heavy atom. The van der Waals surface area contributed by atoms with Crippen molar-refractivity contribution in [2.24, 2.45) is 16.9 Å². The lowest BCUT2D eigenvalue weighted by Crippen LogP contribution is -2.54.